The molecule has 0 aliphatic heterocycles. The summed E-state index contributed by atoms with van der Waals surface area (Å²) in [7, 11) is 0. The highest BCUT2D eigenvalue weighted by Crippen LogP contribution is 2.06. The Labute approximate surface area is 84.4 Å². The number of benzene rings is 1. The molecule has 2 heteroatoms. The van der Waals surface area contributed by atoms with E-state index in [4.69, 9.17) is 5.73 Å². The van der Waals surface area contributed by atoms with E-state index in [0.29, 0.717) is 0 Å². The second kappa shape index (κ2) is 5.55. The van der Waals surface area contributed by atoms with Crippen LogP contribution in [0.15, 0.2) is 30.3 Å². The monoisotopic (exact) mass is 193 g/mol. The van der Waals surface area contributed by atoms with Gasteiger partial charge in [-0.3, -0.25) is 0 Å². The quantitative estimate of drug-likeness (QED) is 0.781. The molecular weight excluding hydrogens is 177 g/mol. The first-order chi connectivity index (χ1) is 6.68. The average molecular weight is 193 g/mol. The fourth-order valence-electron chi connectivity index (χ4n) is 1.19. The molecule has 1 atom stereocenters. The lowest BCUT2D eigenvalue weighted by molar-refractivity contribution is 0.627. The van der Waals surface area contributed by atoms with Crippen LogP contribution < -0.4 is 5.73 Å². The van der Waals surface area contributed by atoms with Crippen LogP contribution in [0.5, 0.6) is 0 Å². The first-order valence-corrected chi connectivity index (χ1v) is 4.86. The van der Waals surface area contributed by atoms with Gasteiger partial charge in [0.25, 0.3) is 0 Å². The molecule has 0 radical (unpaired) electrons. The number of halogens is 1. The second-order valence-corrected chi connectivity index (χ2v) is 3.51. The molecule has 0 saturated carbocycles. The van der Waals surface area contributed by atoms with E-state index in [9.17, 15) is 4.39 Å². The van der Waals surface area contributed by atoms with Crippen LogP contribution in [0.4, 0.5) is 4.39 Å². The lowest BCUT2D eigenvalue weighted by Crippen LogP contribution is -2.13. The normalized spacial score (nSPS) is 13.4. The third-order valence-electron chi connectivity index (χ3n) is 1.95. The van der Waals surface area contributed by atoms with Gasteiger partial charge >= 0.3 is 0 Å². The predicted octanol–water partition coefficient (Wildman–Crippen LogP) is 2.97. The molecule has 14 heavy (non-hydrogen) atoms. The Hall–Kier alpha value is -1.15. The molecular formula is C12H16FN. The highest BCUT2D eigenvalue weighted by atomic mass is 19.1. The number of nitrogens with two attached hydrogens (primary N) is 1. The summed E-state index contributed by atoms with van der Waals surface area (Å²) in [6, 6.07) is 6.78. The zero-order valence-corrected chi connectivity index (χ0v) is 8.41. The number of allylic oxidation sites excluding steroid dienone is 1. The van der Waals surface area contributed by atoms with Gasteiger partial charge in [0.1, 0.15) is 5.82 Å². The van der Waals surface area contributed by atoms with Gasteiger partial charge in [-0.1, -0.05) is 24.3 Å². The molecule has 1 rings (SSSR count). The van der Waals surface area contributed by atoms with E-state index in [2.05, 4.69) is 0 Å². The third-order valence-corrected chi connectivity index (χ3v) is 1.95. The molecule has 0 amide bonds. The van der Waals surface area contributed by atoms with E-state index >= 15 is 0 Å². The molecule has 1 aromatic carbocycles. The van der Waals surface area contributed by atoms with Crippen molar-refractivity contribution in [2.45, 2.75) is 25.8 Å². The van der Waals surface area contributed by atoms with E-state index in [1.807, 2.05) is 25.1 Å². The molecule has 0 spiro atoms. The van der Waals surface area contributed by atoms with Gasteiger partial charge < -0.3 is 5.73 Å². The van der Waals surface area contributed by atoms with Crippen molar-refractivity contribution < 1.29 is 4.39 Å². The van der Waals surface area contributed by atoms with E-state index < -0.39 is 0 Å². The van der Waals surface area contributed by atoms with E-state index in [0.717, 1.165) is 18.4 Å². The van der Waals surface area contributed by atoms with Crippen molar-refractivity contribution in [2.75, 3.05) is 0 Å². The van der Waals surface area contributed by atoms with Crippen LogP contribution in [0.2, 0.25) is 0 Å². The van der Waals surface area contributed by atoms with Crippen LogP contribution in [-0.4, -0.2) is 6.04 Å². The SMILES string of the molecule is CC(N)CC/C=C/c1cccc(F)c1. The Morgan fingerprint density at radius 1 is 1.50 bits per heavy atom. The van der Waals surface area contributed by atoms with Gasteiger partial charge in [-0.05, 0) is 37.5 Å². The molecule has 76 valence electrons. The summed E-state index contributed by atoms with van der Waals surface area (Å²) >= 11 is 0. The zero-order chi connectivity index (χ0) is 10.4. The van der Waals surface area contributed by atoms with Crippen LogP contribution >= 0.6 is 0 Å². The maximum Gasteiger partial charge on any atom is 0.123 e. The van der Waals surface area contributed by atoms with Gasteiger partial charge in [-0.25, -0.2) is 4.39 Å². The van der Waals surface area contributed by atoms with Gasteiger partial charge in [0, 0.05) is 6.04 Å². The molecule has 1 aromatic rings. The Morgan fingerprint density at radius 3 is 2.93 bits per heavy atom. The molecule has 0 bridgehead atoms. The van der Waals surface area contributed by atoms with Crippen molar-refractivity contribution >= 4 is 6.08 Å². The van der Waals surface area contributed by atoms with E-state index in [-0.39, 0.29) is 11.9 Å². The van der Waals surface area contributed by atoms with Crippen LogP contribution in [0.1, 0.15) is 25.3 Å². The largest absolute Gasteiger partial charge is 0.328 e. The van der Waals surface area contributed by atoms with Crippen LogP contribution in [0.25, 0.3) is 6.08 Å². The maximum atomic E-state index is 12.8. The minimum atomic E-state index is -0.195. The highest BCUT2D eigenvalue weighted by molar-refractivity contribution is 5.48. The molecule has 1 nitrogen and oxygen atoms in total. The average Bonchev–Trinajstić information content (AvgIpc) is 2.12. The fourth-order valence-corrected chi connectivity index (χ4v) is 1.19. The summed E-state index contributed by atoms with van der Waals surface area (Å²) in [5.41, 5.74) is 6.50. The van der Waals surface area contributed by atoms with Crippen molar-refractivity contribution in [3.05, 3.63) is 41.7 Å². The smallest absolute Gasteiger partial charge is 0.123 e. The van der Waals surface area contributed by atoms with Crippen LogP contribution in [0.3, 0.4) is 0 Å². The minimum Gasteiger partial charge on any atom is -0.328 e. The highest BCUT2D eigenvalue weighted by Gasteiger charge is 1.91. The molecule has 0 aromatic heterocycles. The van der Waals surface area contributed by atoms with Gasteiger partial charge in [0.15, 0.2) is 0 Å². The van der Waals surface area contributed by atoms with E-state index in [1.54, 1.807) is 6.07 Å². The van der Waals surface area contributed by atoms with Gasteiger partial charge in [-0.2, -0.15) is 0 Å². The fraction of sp³-hybridized carbons (Fsp3) is 0.333. The molecule has 0 fully saturated rings. The summed E-state index contributed by atoms with van der Waals surface area (Å²) in [5, 5.41) is 0. The van der Waals surface area contributed by atoms with Crippen molar-refractivity contribution in [1.82, 2.24) is 0 Å². The topological polar surface area (TPSA) is 26.0 Å². The Morgan fingerprint density at radius 2 is 2.29 bits per heavy atom. The second-order valence-electron chi connectivity index (χ2n) is 3.51. The summed E-state index contributed by atoms with van der Waals surface area (Å²) in [6.45, 7) is 1.98. The van der Waals surface area contributed by atoms with Crippen molar-refractivity contribution in [1.29, 1.82) is 0 Å². The van der Waals surface area contributed by atoms with Crippen molar-refractivity contribution in [2.24, 2.45) is 5.73 Å². The Bertz CT molecular complexity index is 305. The minimum absolute atomic E-state index is 0.195. The van der Waals surface area contributed by atoms with Crippen molar-refractivity contribution in [3.63, 3.8) is 0 Å². The molecule has 0 aliphatic rings. The zero-order valence-electron chi connectivity index (χ0n) is 8.41. The summed E-state index contributed by atoms with van der Waals surface area (Å²) < 4.78 is 12.8. The number of hydrogen-bond donors (Lipinski definition) is 1. The summed E-state index contributed by atoms with van der Waals surface area (Å²) in [4.78, 5) is 0. The lowest BCUT2D eigenvalue weighted by Gasteiger charge is -1.99. The first-order valence-electron chi connectivity index (χ1n) is 4.86. The van der Waals surface area contributed by atoms with Crippen LogP contribution in [-0.2, 0) is 0 Å². The van der Waals surface area contributed by atoms with E-state index in [1.165, 1.54) is 12.1 Å². The number of rotatable bonds is 4. The Kier molecular flexibility index (Phi) is 4.33. The molecule has 0 saturated heterocycles. The Balaban J connectivity index is 2.44. The lowest BCUT2D eigenvalue weighted by atomic mass is 10.1. The first kappa shape index (κ1) is 10.9. The molecule has 2 N–H and O–H groups in total. The molecule has 1 unspecified atom stereocenters. The maximum absolute atomic E-state index is 12.8. The molecule has 0 aliphatic carbocycles. The van der Waals surface area contributed by atoms with Crippen LogP contribution in [0, 0.1) is 5.82 Å². The standard InChI is InChI=1S/C12H16FN/c1-10(14)5-2-3-6-11-7-4-8-12(13)9-11/h3-4,6-10H,2,5,14H2,1H3/b6-3+. The van der Waals surface area contributed by atoms with Gasteiger partial charge in [0.05, 0.1) is 0 Å². The molecule has 0 heterocycles. The summed E-state index contributed by atoms with van der Waals surface area (Å²) in [6.07, 6.45) is 5.85. The number of hydrogen-bond acceptors (Lipinski definition) is 1. The van der Waals surface area contributed by atoms with Gasteiger partial charge in [0.2, 0.25) is 0 Å². The third kappa shape index (κ3) is 4.19. The predicted molar refractivity (Wildman–Crippen MR) is 58.3 cm³/mol. The van der Waals surface area contributed by atoms with Gasteiger partial charge in [-0.15, -0.1) is 0 Å². The summed E-state index contributed by atoms with van der Waals surface area (Å²) in [5.74, 6) is -0.195. The van der Waals surface area contributed by atoms with Crippen molar-refractivity contribution in [3.8, 4) is 0 Å².